The monoisotopic (exact) mass is 246 g/mol. The molecule has 16 heavy (non-hydrogen) atoms. The van der Waals surface area contributed by atoms with Crippen molar-refractivity contribution in [3.8, 4) is 0 Å². The molecule has 0 aliphatic heterocycles. The van der Waals surface area contributed by atoms with Crippen LogP contribution in [0, 0.1) is 5.92 Å². The van der Waals surface area contributed by atoms with Crippen LogP contribution in [0.3, 0.4) is 0 Å². The van der Waals surface area contributed by atoms with Gasteiger partial charge in [0.25, 0.3) is 0 Å². The molecule has 0 saturated heterocycles. The Bertz CT molecular complexity index is 258. The van der Waals surface area contributed by atoms with Gasteiger partial charge in [0, 0.05) is 20.1 Å². The molecule has 0 rings (SSSR count). The normalized spacial score (nSPS) is 16.2. The van der Waals surface area contributed by atoms with E-state index in [-0.39, 0.29) is 11.8 Å². The third-order valence-corrected chi connectivity index (χ3v) is 3.10. The van der Waals surface area contributed by atoms with E-state index in [4.69, 9.17) is 22.7 Å². The van der Waals surface area contributed by atoms with Gasteiger partial charge < -0.3 is 15.8 Å². The minimum Gasteiger partial charge on any atom is -0.391 e. The van der Waals surface area contributed by atoms with Crippen LogP contribution >= 0.6 is 12.2 Å². The number of nitrogens with one attached hydrogen (secondary N) is 1. The van der Waals surface area contributed by atoms with Crippen LogP contribution in [-0.4, -0.2) is 30.2 Å². The summed E-state index contributed by atoms with van der Waals surface area (Å²) in [5, 5.41) is 2.87. The number of nitrogens with two attached hydrogens (primary N) is 1. The molecule has 1 amide bonds. The first-order valence-corrected chi connectivity index (χ1v) is 5.86. The highest BCUT2D eigenvalue weighted by Crippen LogP contribution is 2.11. The van der Waals surface area contributed by atoms with Crippen molar-refractivity contribution in [2.24, 2.45) is 11.7 Å². The lowest BCUT2D eigenvalue weighted by Crippen LogP contribution is -2.54. The van der Waals surface area contributed by atoms with E-state index in [0.717, 1.165) is 0 Å². The van der Waals surface area contributed by atoms with Crippen molar-refractivity contribution in [1.82, 2.24) is 5.32 Å². The van der Waals surface area contributed by atoms with Crippen LogP contribution in [0.4, 0.5) is 0 Å². The Morgan fingerprint density at radius 1 is 1.62 bits per heavy atom. The third-order valence-electron chi connectivity index (χ3n) is 2.65. The zero-order valence-corrected chi connectivity index (χ0v) is 11.3. The van der Waals surface area contributed by atoms with Gasteiger partial charge in [-0.2, -0.15) is 0 Å². The molecule has 3 N–H and O–H groups in total. The van der Waals surface area contributed by atoms with Gasteiger partial charge in [-0.05, 0) is 19.3 Å². The van der Waals surface area contributed by atoms with Crippen molar-refractivity contribution in [1.29, 1.82) is 0 Å². The number of methoxy groups -OCH3 is 1. The van der Waals surface area contributed by atoms with Crippen LogP contribution in [0.1, 0.15) is 33.6 Å². The van der Waals surface area contributed by atoms with E-state index >= 15 is 0 Å². The number of ether oxygens (including phenoxy) is 1. The highest BCUT2D eigenvalue weighted by atomic mass is 32.1. The summed E-state index contributed by atoms with van der Waals surface area (Å²) in [6, 6.07) is 0. The number of hydrogen-bond donors (Lipinski definition) is 2. The van der Waals surface area contributed by atoms with Crippen molar-refractivity contribution >= 4 is 23.1 Å². The number of rotatable bonds is 7. The summed E-state index contributed by atoms with van der Waals surface area (Å²) in [5.41, 5.74) is 5.03. The van der Waals surface area contributed by atoms with Crippen molar-refractivity contribution < 1.29 is 9.53 Å². The van der Waals surface area contributed by atoms with Gasteiger partial charge >= 0.3 is 0 Å². The molecular formula is C11H22N2O2S. The van der Waals surface area contributed by atoms with E-state index in [0.29, 0.717) is 24.4 Å². The summed E-state index contributed by atoms with van der Waals surface area (Å²) in [6.07, 6.45) is 1.11. The fourth-order valence-corrected chi connectivity index (χ4v) is 1.54. The Kier molecular flexibility index (Phi) is 6.52. The Balaban J connectivity index is 4.27. The van der Waals surface area contributed by atoms with Crippen LogP contribution < -0.4 is 11.1 Å². The standard InChI is InChI=1S/C11H22N2O2S/c1-5-11(3,10(12)16)13-9(14)6-8(2)7-15-4/h8H,5-7H2,1-4H3,(H2,12,16)(H,13,14). The van der Waals surface area contributed by atoms with Crippen LogP contribution in [0.5, 0.6) is 0 Å². The number of thiocarbonyl (C=S) groups is 1. The molecule has 5 heteroatoms. The molecule has 0 aromatic rings. The summed E-state index contributed by atoms with van der Waals surface area (Å²) in [5.74, 6) is 0.152. The maximum Gasteiger partial charge on any atom is 0.221 e. The summed E-state index contributed by atoms with van der Waals surface area (Å²) in [7, 11) is 1.62. The minimum atomic E-state index is -0.584. The molecule has 0 aromatic heterocycles. The van der Waals surface area contributed by atoms with Gasteiger partial charge in [0.1, 0.15) is 0 Å². The number of carbonyl (C=O) groups excluding carboxylic acids is 1. The summed E-state index contributed by atoms with van der Waals surface area (Å²) in [6.45, 7) is 6.32. The lowest BCUT2D eigenvalue weighted by atomic mass is 9.98. The first kappa shape index (κ1) is 15.3. The second kappa shape index (κ2) is 6.81. The van der Waals surface area contributed by atoms with E-state index in [1.807, 2.05) is 20.8 Å². The van der Waals surface area contributed by atoms with Gasteiger partial charge in [-0.3, -0.25) is 4.79 Å². The minimum absolute atomic E-state index is 0.0401. The fourth-order valence-electron chi connectivity index (χ4n) is 1.34. The Labute approximate surface area is 103 Å². The smallest absolute Gasteiger partial charge is 0.221 e. The van der Waals surface area contributed by atoms with Gasteiger partial charge in [0.2, 0.25) is 5.91 Å². The molecule has 0 aliphatic carbocycles. The molecule has 94 valence electrons. The lowest BCUT2D eigenvalue weighted by molar-refractivity contribution is -0.123. The molecule has 0 radical (unpaired) electrons. The fraction of sp³-hybridized carbons (Fsp3) is 0.818. The predicted molar refractivity (Wildman–Crippen MR) is 69.3 cm³/mol. The van der Waals surface area contributed by atoms with Gasteiger partial charge in [-0.25, -0.2) is 0 Å². The first-order valence-electron chi connectivity index (χ1n) is 5.45. The van der Waals surface area contributed by atoms with Crippen molar-refractivity contribution in [3.05, 3.63) is 0 Å². The van der Waals surface area contributed by atoms with E-state index in [2.05, 4.69) is 5.32 Å². The number of hydrogen-bond acceptors (Lipinski definition) is 3. The average molecular weight is 246 g/mol. The number of amides is 1. The summed E-state index contributed by atoms with van der Waals surface area (Å²) < 4.78 is 4.98. The molecule has 2 unspecified atom stereocenters. The highest BCUT2D eigenvalue weighted by molar-refractivity contribution is 7.80. The average Bonchev–Trinajstić information content (AvgIpc) is 2.17. The first-order chi connectivity index (χ1) is 7.35. The van der Waals surface area contributed by atoms with E-state index < -0.39 is 5.54 Å². The lowest BCUT2D eigenvalue weighted by Gasteiger charge is -2.28. The largest absolute Gasteiger partial charge is 0.391 e. The molecular weight excluding hydrogens is 224 g/mol. The summed E-state index contributed by atoms with van der Waals surface area (Å²) in [4.78, 5) is 12.0. The number of carbonyl (C=O) groups is 1. The molecule has 0 heterocycles. The molecule has 0 spiro atoms. The zero-order valence-electron chi connectivity index (χ0n) is 10.5. The molecule has 0 aliphatic rings. The Morgan fingerprint density at radius 2 is 2.19 bits per heavy atom. The van der Waals surface area contributed by atoms with Gasteiger partial charge in [0.05, 0.1) is 10.5 Å². The maximum atomic E-state index is 11.7. The molecule has 0 saturated carbocycles. The van der Waals surface area contributed by atoms with Crippen molar-refractivity contribution in [2.75, 3.05) is 13.7 Å². The molecule has 4 nitrogen and oxygen atoms in total. The van der Waals surface area contributed by atoms with Crippen LogP contribution in [0.25, 0.3) is 0 Å². The predicted octanol–water partition coefficient (Wildman–Crippen LogP) is 1.23. The van der Waals surface area contributed by atoms with Crippen molar-refractivity contribution in [2.45, 2.75) is 39.2 Å². The second-order valence-electron chi connectivity index (χ2n) is 4.36. The molecule has 2 atom stereocenters. The van der Waals surface area contributed by atoms with Gasteiger partial charge in [-0.15, -0.1) is 0 Å². The van der Waals surface area contributed by atoms with Crippen LogP contribution in [0.15, 0.2) is 0 Å². The van der Waals surface area contributed by atoms with Crippen molar-refractivity contribution in [3.63, 3.8) is 0 Å². The summed E-state index contributed by atoms with van der Waals surface area (Å²) >= 11 is 4.95. The quantitative estimate of drug-likeness (QED) is 0.663. The molecule has 0 aromatic carbocycles. The van der Waals surface area contributed by atoms with E-state index in [9.17, 15) is 4.79 Å². The van der Waals surface area contributed by atoms with Gasteiger partial charge in [0.15, 0.2) is 0 Å². The molecule has 0 fully saturated rings. The van der Waals surface area contributed by atoms with Crippen LogP contribution in [0.2, 0.25) is 0 Å². The Hall–Kier alpha value is -0.680. The van der Waals surface area contributed by atoms with E-state index in [1.54, 1.807) is 7.11 Å². The van der Waals surface area contributed by atoms with Crippen LogP contribution in [-0.2, 0) is 9.53 Å². The topological polar surface area (TPSA) is 64.3 Å². The second-order valence-corrected chi connectivity index (χ2v) is 4.80. The Morgan fingerprint density at radius 3 is 2.56 bits per heavy atom. The van der Waals surface area contributed by atoms with E-state index in [1.165, 1.54) is 0 Å². The highest BCUT2D eigenvalue weighted by Gasteiger charge is 2.27. The third kappa shape index (κ3) is 4.90. The zero-order chi connectivity index (χ0) is 12.8. The molecule has 0 bridgehead atoms. The maximum absolute atomic E-state index is 11.7. The SMILES string of the molecule is CCC(C)(NC(=O)CC(C)COC)C(N)=S. The van der Waals surface area contributed by atoms with Gasteiger partial charge in [-0.1, -0.05) is 26.1 Å².